The summed E-state index contributed by atoms with van der Waals surface area (Å²) in [5.41, 5.74) is 0.550. The van der Waals surface area contributed by atoms with Crippen LogP contribution in [0.5, 0.6) is 0 Å². The zero-order valence-electron chi connectivity index (χ0n) is 15.3. The minimum atomic E-state index is -0.752. The summed E-state index contributed by atoms with van der Waals surface area (Å²) in [4.78, 5) is 42.9. The molecule has 2 aromatic heterocycles. The molecule has 0 aromatic carbocycles. The maximum absolute atomic E-state index is 12.9. The van der Waals surface area contributed by atoms with E-state index in [0.29, 0.717) is 27.2 Å². The molecule has 0 radical (unpaired) electrons. The predicted octanol–water partition coefficient (Wildman–Crippen LogP) is 2.17. The predicted molar refractivity (Wildman–Crippen MR) is 99.7 cm³/mol. The van der Waals surface area contributed by atoms with Crippen molar-refractivity contribution in [2.45, 2.75) is 59.0 Å². The van der Waals surface area contributed by atoms with E-state index >= 15 is 0 Å². The topological polar surface area (TPSA) is 90.3 Å². The van der Waals surface area contributed by atoms with Crippen LogP contribution in [0, 0.1) is 6.92 Å². The zero-order chi connectivity index (χ0) is 18.8. The van der Waals surface area contributed by atoms with E-state index in [4.69, 9.17) is 4.74 Å². The molecule has 0 fully saturated rings. The Bertz CT molecular complexity index is 915. The van der Waals surface area contributed by atoms with Crippen molar-refractivity contribution in [3.05, 3.63) is 26.6 Å². The average Bonchev–Trinajstić information content (AvgIpc) is 2.78. The van der Waals surface area contributed by atoms with Gasteiger partial charge in [-0.2, -0.15) is 0 Å². The van der Waals surface area contributed by atoms with Gasteiger partial charge in [-0.15, -0.1) is 11.3 Å². The number of amides is 1. The highest BCUT2D eigenvalue weighted by atomic mass is 32.1. The number of carbonyl (C=O) groups is 2. The number of esters is 1. The van der Waals surface area contributed by atoms with Crippen LogP contribution in [0.4, 0.5) is 0 Å². The third-order valence-electron chi connectivity index (χ3n) is 4.61. The molecule has 0 aliphatic carbocycles. The Kier molecular flexibility index (Phi) is 5.41. The molecule has 0 saturated heterocycles. The molecule has 0 saturated carbocycles. The van der Waals surface area contributed by atoms with Crippen LogP contribution < -0.4 is 10.9 Å². The van der Waals surface area contributed by atoms with Gasteiger partial charge in [-0.1, -0.05) is 6.42 Å². The van der Waals surface area contributed by atoms with Crippen LogP contribution in [0.2, 0.25) is 0 Å². The van der Waals surface area contributed by atoms with Gasteiger partial charge in [0.15, 0.2) is 0 Å². The molecule has 140 valence electrons. The van der Waals surface area contributed by atoms with E-state index in [1.807, 2.05) is 0 Å². The second-order valence-electron chi connectivity index (χ2n) is 6.48. The van der Waals surface area contributed by atoms with Gasteiger partial charge < -0.3 is 10.1 Å². The summed E-state index contributed by atoms with van der Waals surface area (Å²) in [5, 5.41) is 3.15. The van der Waals surface area contributed by atoms with E-state index in [1.165, 1.54) is 11.3 Å². The van der Waals surface area contributed by atoms with Crippen LogP contribution >= 0.6 is 11.3 Å². The molecule has 26 heavy (non-hydrogen) atoms. The Morgan fingerprint density at radius 3 is 2.85 bits per heavy atom. The Morgan fingerprint density at radius 1 is 1.35 bits per heavy atom. The summed E-state index contributed by atoms with van der Waals surface area (Å²) in [6, 6.07) is -0.752. The summed E-state index contributed by atoms with van der Waals surface area (Å²) in [5.74, 6) is -0.0664. The fraction of sp³-hybridized carbons (Fsp3) is 0.556. The lowest BCUT2D eigenvalue weighted by molar-refractivity contribution is -0.144. The van der Waals surface area contributed by atoms with E-state index in [0.717, 1.165) is 31.5 Å². The number of ether oxygens (including phenoxy) is 1. The van der Waals surface area contributed by atoms with Gasteiger partial charge in [0.1, 0.15) is 16.7 Å². The summed E-state index contributed by atoms with van der Waals surface area (Å²) >= 11 is 1.20. The number of aryl methyl sites for hydroxylation is 2. The lowest BCUT2D eigenvalue weighted by atomic mass is 10.2. The Balaban J connectivity index is 1.97. The van der Waals surface area contributed by atoms with Crippen LogP contribution in [0.1, 0.15) is 54.2 Å². The number of nitrogens with zero attached hydrogens (tertiary/aromatic N) is 2. The maximum Gasteiger partial charge on any atom is 0.328 e. The van der Waals surface area contributed by atoms with Crippen molar-refractivity contribution in [3.8, 4) is 0 Å². The molecule has 7 nitrogen and oxygen atoms in total. The third-order valence-corrected chi connectivity index (χ3v) is 5.79. The van der Waals surface area contributed by atoms with Gasteiger partial charge >= 0.3 is 5.97 Å². The number of nitrogens with one attached hydrogen (secondary N) is 1. The average molecular weight is 377 g/mol. The molecular formula is C18H23N3O4S. The molecule has 0 spiro atoms. The van der Waals surface area contributed by atoms with Crippen molar-refractivity contribution >= 4 is 33.4 Å². The standard InChI is InChI=1S/C18H23N3O4S/c1-4-25-18(24)11(3)19-15(22)14-10(2)13-16(26-14)20-12-8-6-5-7-9-21(12)17(13)23/h11H,4-9H2,1-3H3,(H,19,22)/t11-/m1/s1. The van der Waals surface area contributed by atoms with Gasteiger partial charge in [0.2, 0.25) is 0 Å². The van der Waals surface area contributed by atoms with Gasteiger partial charge in [0.25, 0.3) is 11.5 Å². The first-order valence-corrected chi connectivity index (χ1v) is 9.76. The molecule has 1 aliphatic rings. The van der Waals surface area contributed by atoms with Crippen LogP contribution in [0.25, 0.3) is 10.2 Å². The quantitative estimate of drug-likeness (QED) is 0.825. The molecule has 1 aliphatic heterocycles. The van der Waals surface area contributed by atoms with E-state index < -0.39 is 12.0 Å². The van der Waals surface area contributed by atoms with E-state index in [-0.39, 0.29) is 18.1 Å². The summed E-state index contributed by atoms with van der Waals surface area (Å²) in [6.07, 6.45) is 3.86. The lowest BCUT2D eigenvalue weighted by Crippen LogP contribution is -2.39. The number of hydrogen-bond acceptors (Lipinski definition) is 6. The maximum atomic E-state index is 12.9. The van der Waals surface area contributed by atoms with Gasteiger partial charge in [0, 0.05) is 13.0 Å². The van der Waals surface area contributed by atoms with Crippen LogP contribution in [0.3, 0.4) is 0 Å². The Morgan fingerprint density at radius 2 is 2.12 bits per heavy atom. The second kappa shape index (κ2) is 7.57. The first-order chi connectivity index (χ1) is 12.4. The van der Waals surface area contributed by atoms with Crippen molar-refractivity contribution in [2.75, 3.05) is 6.61 Å². The second-order valence-corrected chi connectivity index (χ2v) is 7.48. The Labute approximate surface area is 155 Å². The van der Waals surface area contributed by atoms with Crippen molar-refractivity contribution in [2.24, 2.45) is 0 Å². The molecule has 0 unspecified atom stereocenters. The van der Waals surface area contributed by atoms with Gasteiger partial charge in [-0.3, -0.25) is 14.2 Å². The van der Waals surface area contributed by atoms with Crippen molar-refractivity contribution in [1.82, 2.24) is 14.9 Å². The summed E-state index contributed by atoms with van der Waals surface area (Å²) in [6.45, 7) is 5.98. The highest BCUT2D eigenvalue weighted by Gasteiger charge is 2.24. The number of thiophene rings is 1. The number of carbonyl (C=O) groups excluding carboxylic acids is 2. The lowest BCUT2D eigenvalue weighted by Gasteiger charge is -2.12. The fourth-order valence-electron chi connectivity index (χ4n) is 3.21. The normalized spacial score (nSPS) is 15.2. The molecule has 8 heteroatoms. The third kappa shape index (κ3) is 3.38. The molecule has 3 rings (SSSR count). The monoisotopic (exact) mass is 377 g/mol. The van der Waals surface area contributed by atoms with Gasteiger partial charge in [0.05, 0.1) is 16.9 Å². The Hall–Kier alpha value is -2.22. The minimum Gasteiger partial charge on any atom is -0.464 e. The van der Waals surface area contributed by atoms with E-state index in [9.17, 15) is 14.4 Å². The highest BCUT2D eigenvalue weighted by molar-refractivity contribution is 7.20. The van der Waals surface area contributed by atoms with Crippen LogP contribution in [0.15, 0.2) is 4.79 Å². The van der Waals surface area contributed by atoms with Crippen molar-refractivity contribution < 1.29 is 14.3 Å². The molecule has 3 heterocycles. The molecular weight excluding hydrogens is 354 g/mol. The van der Waals surface area contributed by atoms with Gasteiger partial charge in [-0.25, -0.2) is 9.78 Å². The largest absolute Gasteiger partial charge is 0.464 e. The van der Waals surface area contributed by atoms with Crippen molar-refractivity contribution in [3.63, 3.8) is 0 Å². The first-order valence-electron chi connectivity index (χ1n) is 8.94. The van der Waals surface area contributed by atoms with Gasteiger partial charge in [-0.05, 0) is 39.2 Å². The number of fused-ring (bicyclic) bond motifs is 2. The smallest absolute Gasteiger partial charge is 0.328 e. The summed E-state index contributed by atoms with van der Waals surface area (Å²) < 4.78 is 6.66. The van der Waals surface area contributed by atoms with E-state index in [1.54, 1.807) is 25.3 Å². The van der Waals surface area contributed by atoms with E-state index in [2.05, 4.69) is 10.3 Å². The molecule has 1 amide bonds. The molecule has 2 aromatic rings. The number of hydrogen-bond donors (Lipinski definition) is 1. The molecule has 1 N–H and O–H groups in total. The SMILES string of the molecule is CCOC(=O)[C@@H](C)NC(=O)c1sc2nc3n(c(=O)c2c1C)CCCCC3. The summed E-state index contributed by atoms with van der Waals surface area (Å²) in [7, 11) is 0. The zero-order valence-corrected chi connectivity index (χ0v) is 16.1. The molecule has 1 atom stereocenters. The van der Waals surface area contributed by atoms with Crippen LogP contribution in [-0.2, 0) is 22.5 Å². The first kappa shape index (κ1) is 18.6. The number of aromatic nitrogens is 2. The molecule has 0 bridgehead atoms. The van der Waals surface area contributed by atoms with Crippen LogP contribution in [-0.4, -0.2) is 34.1 Å². The number of rotatable bonds is 4. The highest BCUT2D eigenvalue weighted by Crippen LogP contribution is 2.28. The minimum absolute atomic E-state index is 0.0712. The van der Waals surface area contributed by atoms with Crippen molar-refractivity contribution in [1.29, 1.82) is 0 Å². The fourth-order valence-corrected chi connectivity index (χ4v) is 4.31.